The Morgan fingerprint density at radius 2 is 2.14 bits per heavy atom. The number of alkyl halides is 3. The maximum absolute atomic E-state index is 14.7. The Bertz CT molecular complexity index is 1390. The van der Waals surface area contributed by atoms with Crippen LogP contribution < -0.4 is 10.1 Å². The number of carbonyl (C=O) groups is 1. The second kappa shape index (κ2) is 9.08. The summed E-state index contributed by atoms with van der Waals surface area (Å²) in [6, 6.07) is 6.70. The number of nitrogens with zero attached hydrogens (tertiary/aromatic N) is 6. The SMILES string of the molecule is COc1nc(N[C@H]2CCN(C(C)=O)C[C@H]2F)nn2ccc(-c3ccc4ncn(CC(F)F)c4c3)c12. The monoisotopic (exact) mass is 487 g/mol. The quantitative estimate of drug-likeness (QED) is 0.449. The standard InChI is InChI=1S/C23H24F3N7O2/c1-13(34)31-7-6-17(16(24)10-31)28-23-29-22(35-2)21-15(5-8-33(21)30-23)14-3-4-18-19(9-14)32(12-27-18)11-20(25)26/h3-5,8-9,12,16-17,20H,6-7,10-11H2,1-2H3,(H,28,30)/t16-,17+/m1/s1. The molecule has 184 valence electrons. The number of hydrogen-bond donors (Lipinski definition) is 1. The minimum absolute atomic E-state index is 0.0185. The molecule has 4 heterocycles. The van der Waals surface area contributed by atoms with Gasteiger partial charge >= 0.3 is 0 Å². The minimum Gasteiger partial charge on any atom is -0.479 e. The summed E-state index contributed by atoms with van der Waals surface area (Å²) in [5.41, 5.74) is 3.30. The van der Waals surface area contributed by atoms with E-state index in [1.807, 2.05) is 12.1 Å². The average Bonchev–Trinajstić information content (AvgIpc) is 3.43. The zero-order chi connectivity index (χ0) is 24.7. The van der Waals surface area contributed by atoms with Crippen LogP contribution in [0, 0.1) is 0 Å². The van der Waals surface area contributed by atoms with Crippen LogP contribution in [0.15, 0.2) is 36.8 Å². The van der Waals surface area contributed by atoms with Crippen LogP contribution in [0.25, 0.3) is 27.7 Å². The van der Waals surface area contributed by atoms with E-state index in [1.54, 1.807) is 22.8 Å². The second-order valence-electron chi connectivity index (χ2n) is 8.48. The fourth-order valence-electron chi connectivity index (χ4n) is 4.47. The highest BCUT2D eigenvalue weighted by atomic mass is 19.3. The van der Waals surface area contributed by atoms with E-state index in [9.17, 15) is 18.0 Å². The number of fused-ring (bicyclic) bond motifs is 2. The van der Waals surface area contributed by atoms with E-state index in [0.29, 0.717) is 29.5 Å². The van der Waals surface area contributed by atoms with Crippen molar-refractivity contribution in [2.24, 2.45) is 0 Å². The molecule has 3 aromatic heterocycles. The third-order valence-electron chi connectivity index (χ3n) is 6.24. The molecule has 0 radical (unpaired) electrons. The van der Waals surface area contributed by atoms with Gasteiger partial charge in [0.2, 0.25) is 17.7 Å². The van der Waals surface area contributed by atoms with Gasteiger partial charge in [-0.25, -0.2) is 22.7 Å². The number of halogens is 3. The lowest BCUT2D eigenvalue weighted by molar-refractivity contribution is -0.131. The van der Waals surface area contributed by atoms with E-state index in [4.69, 9.17) is 4.74 Å². The number of ether oxygens (including phenoxy) is 1. The highest BCUT2D eigenvalue weighted by Gasteiger charge is 2.31. The topological polar surface area (TPSA) is 89.6 Å². The highest BCUT2D eigenvalue weighted by Crippen LogP contribution is 2.33. The Morgan fingerprint density at radius 1 is 1.31 bits per heavy atom. The molecule has 2 atom stereocenters. The predicted molar refractivity (Wildman–Crippen MR) is 123 cm³/mol. The number of methoxy groups -OCH3 is 1. The van der Waals surface area contributed by atoms with Crippen LogP contribution in [0.3, 0.4) is 0 Å². The van der Waals surface area contributed by atoms with Crippen LogP contribution in [0.4, 0.5) is 19.1 Å². The van der Waals surface area contributed by atoms with Crippen molar-refractivity contribution in [2.45, 2.75) is 38.5 Å². The van der Waals surface area contributed by atoms with Gasteiger partial charge in [0.15, 0.2) is 0 Å². The zero-order valence-electron chi connectivity index (χ0n) is 19.2. The Hall–Kier alpha value is -3.83. The first kappa shape index (κ1) is 22.9. The van der Waals surface area contributed by atoms with Gasteiger partial charge in [-0.3, -0.25) is 4.79 Å². The third kappa shape index (κ3) is 4.35. The minimum atomic E-state index is -2.50. The van der Waals surface area contributed by atoms with Crippen molar-refractivity contribution in [3.63, 3.8) is 0 Å². The van der Waals surface area contributed by atoms with E-state index < -0.39 is 25.2 Å². The molecule has 4 aromatic rings. The molecular formula is C23H24F3N7O2. The van der Waals surface area contributed by atoms with Gasteiger partial charge < -0.3 is 19.5 Å². The van der Waals surface area contributed by atoms with Crippen molar-refractivity contribution in [3.05, 3.63) is 36.8 Å². The van der Waals surface area contributed by atoms with E-state index in [-0.39, 0.29) is 24.3 Å². The van der Waals surface area contributed by atoms with Gasteiger partial charge in [-0.1, -0.05) is 6.07 Å². The molecule has 1 aliphatic rings. The van der Waals surface area contributed by atoms with Crippen LogP contribution in [-0.4, -0.2) is 73.8 Å². The number of carbonyl (C=O) groups excluding carboxylic acids is 1. The predicted octanol–water partition coefficient (Wildman–Crippen LogP) is 3.39. The number of aromatic nitrogens is 5. The molecule has 0 spiro atoms. The van der Waals surface area contributed by atoms with E-state index in [2.05, 4.69) is 20.4 Å². The summed E-state index contributed by atoms with van der Waals surface area (Å²) >= 11 is 0. The zero-order valence-corrected chi connectivity index (χ0v) is 19.2. The highest BCUT2D eigenvalue weighted by molar-refractivity contribution is 5.89. The summed E-state index contributed by atoms with van der Waals surface area (Å²) in [5.74, 6) is 0.326. The first-order valence-corrected chi connectivity index (χ1v) is 11.2. The summed E-state index contributed by atoms with van der Waals surface area (Å²) in [5, 5.41) is 7.51. The van der Waals surface area contributed by atoms with Gasteiger partial charge in [-0.05, 0) is 30.2 Å². The maximum atomic E-state index is 14.7. The van der Waals surface area contributed by atoms with Crippen molar-refractivity contribution >= 4 is 28.4 Å². The van der Waals surface area contributed by atoms with Crippen LogP contribution >= 0.6 is 0 Å². The van der Waals surface area contributed by atoms with Crippen LogP contribution in [-0.2, 0) is 11.3 Å². The number of likely N-dealkylation sites (tertiary alicyclic amines) is 1. The molecule has 5 rings (SSSR count). The van der Waals surface area contributed by atoms with E-state index >= 15 is 0 Å². The van der Waals surface area contributed by atoms with Crippen molar-refractivity contribution in [1.29, 1.82) is 0 Å². The lowest BCUT2D eigenvalue weighted by atomic mass is 10.0. The fourth-order valence-corrected chi connectivity index (χ4v) is 4.47. The lowest BCUT2D eigenvalue weighted by Gasteiger charge is -2.34. The Balaban J connectivity index is 1.47. The molecule has 1 N–H and O–H groups in total. The normalized spacial score (nSPS) is 18.5. The van der Waals surface area contributed by atoms with Gasteiger partial charge in [-0.15, -0.1) is 5.10 Å². The number of piperidine rings is 1. The summed E-state index contributed by atoms with van der Waals surface area (Å²) in [6.07, 6.45) is -0.203. The molecule has 0 bridgehead atoms. The number of anilines is 1. The third-order valence-corrected chi connectivity index (χ3v) is 6.24. The summed E-state index contributed by atoms with van der Waals surface area (Å²) in [4.78, 5) is 21.7. The van der Waals surface area contributed by atoms with Crippen LogP contribution in [0.2, 0.25) is 0 Å². The van der Waals surface area contributed by atoms with Gasteiger partial charge in [0.05, 0.1) is 43.6 Å². The smallest absolute Gasteiger partial charge is 0.256 e. The number of hydrogen-bond acceptors (Lipinski definition) is 6. The van der Waals surface area contributed by atoms with Gasteiger partial charge in [0.25, 0.3) is 6.43 Å². The Kier molecular flexibility index (Phi) is 5.95. The number of imidazole rings is 1. The Labute approximate surface area is 198 Å². The summed E-state index contributed by atoms with van der Waals surface area (Å²) < 4.78 is 49.1. The van der Waals surface area contributed by atoms with Crippen molar-refractivity contribution < 1.29 is 22.7 Å². The molecule has 1 saturated heterocycles. The van der Waals surface area contributed by atoms with Gasteiger partial charge in [0, 0.05) is 25.2 Å². The molecule has 0 unspecified atom stereocenters. The van der Waals surface area contributed by atoms with Crippen LogP contribution in [0.5, 0.6) is 5.88 Å². The maximum Gasteiger partial charge on any atom is 0.256 e. The first-order valence-electron chi connectivity index (χ1n) is 11.2. The molecule has 35 heavy (non-hydrogen) atoms. The average molecular weight is 487 g/mol. The molecule has 0 saturated carbocycles. The molecule has 1 aliphatic heterocycles. The summed E-state index contributed by atoms with van der Waals surface area (Å²) in [7, 11) is 1.48. The van der Waals surface area contributed by atoms with E-state index in [0.717, 1.165) is 11.1 Å². The molecule has 9 nitrogen and oxygen atoms in total. The molecule has 1 fully saturated rings. The molecule has 1 aromatic carbocycles. The fraction of sp³-hybridized carbons (Fsp3) is 0.391. The van der Waals surface area contributed by atoms with Gasteiger partial charge in [0.1, 0.15) is 11.7 Å². The Morgan fingerprint density at radius 3 is 2.86 bits per heavy atom. The van der Waals surface area contributed by atoms with E-state index in [1.165, 1.54) is 29.8 Å². The van der Waals surface area contributed by atoms with Crippen molar-refractivity contribution in [2.75, 3.05) is 25.5 Å². The number of rotatable bonds is 6. The van der Waals surface area contributed by atoms with Crippen molar-refractivity contribution in [1.82, 2.24) is 29.0 Å². The number of nitrogens with one attached hydrogen (secondary N) is 1. The molecule has 1 amide bonds. The first-order chi connectivity index (χ1) is 16.8. The molecule has 0 aliphatic carbocycles. The molecular weight excluding hydrogens is 463 g/mol. The number of benzene rings is 1. The van der Waals surface area contributed by atoms with Crippen LogP contribution in [0.1, 0.15) is 13.3 Å². The lowest BCUT2D eigenvalue weighted by Crippen LogP contribution is -2.49. The van der Waals surface area contributed by atoms with Crippen molar-refractivity contribution in [3.8, 4) is 17.0 Å². The largest absolute Gasteiger partial charge is 0.479 e. The molecule has 12 heteroatoms. The van der Waals surface area contributed by atoms with Gasteiger partial charge in [-0.2, -0.15) is 4.98 Å². The summed E-state index contributed by atoms with van der Waals surface area (Å²) in [6.45, 7) is 1.45. The number of amides is 1. The second-order valence-corrected chi connectivity index (χ2v) is 8.48.